The molecule has 3 aromatic rings. The van der Waals surface area contributed by atoms with Crippen LogP contribution in [0.3, 0.4) is 0 Å². The number of carbonyl (C=O) groups excluding carboxylic acids is 1. The Morgan fingerprint density at radius 2 is 2.00 bits per heavy atom. The average molecular weight is 365 g/mol. The highest BCUT2D eigenvalue weighted by Crippen LogP contribution is 2.36. The number of fused-ring (bicyclic) bond motifs is 1. The molecule has 1 saturated heterocycles. The first-order chi connectivity index (χ1) is 13.0. The second-order valence-corrected chi connectivity index (χ2v) is 7.22. The molecule has 5 nitrogen and oxygen atoms in total. The van der Waals surface area contributed by atoms with E-state index in [4.69, 9.17) is 9.15 Å². The number of aryl methyl sites for hydroxylation is 2. The first kappa shape index (κ1) is 17.6. The molecule has 2 unspecified atom stereocenters. The molecule has 27 heavy (non-hydrogen) atoms. The zero-order valence-electron chi connectivity index (χ0n) is 15.7. The number of benzene rings is 2. The number of amides is 1. The van der Waals surface area contributed by atoms with Gasteiger partial charge in [-0.3, -0.25) is 4.79 Å². The number of ether oxygens (including phenoxy) is 1. The summed E-state index contributed by atoms with van der Waals surface area (Å²) in [6.07, 6.45) is 1.48. The fourth-order valence-electron chi connectivity index (χ4n) is 3.81. The topological polar surface area (TPSA) is 62.9 Å². The zero-order valence-corrected chi connectivity index (χ0v) is 15.7. The van der Waals surface area contributed by atoms with Crippen LogP contribution in [0.1, 0.15) is 39.5 Å². The molecule has 5 heteroatoms. The van der Waals surface area contributed by atoms with Crippen molar-refractivity contribution in [3.63, 3.8) is 0 Å². The van der Waals surface area contributed by atoms with Crippen molar-refractivity contribution in [2.75, 3.05) is 13.7 Å². The minimum atomic E-state index is -0.549. The minimum absolute atomic E-state index is 0.124. The summed E-state index contributed by atoms with van der Waals surface area (Å²) in [6, 6.07) is 11.4. The SMILES string of the molecule is COc1cccc(C2CC(O)CN2C(=O)c2coc3cc(C)c(C)cc23)c1. The van der Waals surface area contributed by atoms with E-state index in [0.717, 1.165) is 27.8 Å². The van der Waals surface area contributed by atoms with Crippen LogP contribution in [0, 0.1) is 13.8 Å². The predicted octanol–water partition coefficient (Wildman–Crippen LogP) is 4.01. The van der Waals surface area contributed by atoms with Crippen LogP contribution in [0.2, 0.25) is 0 Å². The molecule has 0 spiro atoms. The highest BCUT2D eigenvalue weighted by Gasteiger charge is 2.37. The number of β-amino-alcohol motifs (C(OH)–C–C–N with tert-alkyl or cyclic N) is 1. The minimum Gasteiger partial charge on any atom is -0.497 e. The summed E-state index contributed by atoms with van der Waals surface area (Å²) in [7, 11) is 1.62. The van der Waals surface area contributed by atoms with Crippen LogP contribution >= 0.6 is 0 Å². The van der Waals surface area contributed by atoms with E-state index < -0.39 is 6.10 Å². The lowest BCUT2D eigenvalue weighted by atomic mass is 10.0. The fourth-order valence-corrected chi connectivity index (χ4v) is 3.81. The molecule has 1 N–H and O–H groups in total. The van der Waals surface area contributed by atoms with Crippen LogP contribution in [0.25, 0.3) is 11.0 Å². The number of rotatable bonds is 3. The van der Waals surface area contributed by atoms with Gasteiger partial charge in [-0.15, -0.1) is 0 Å². The van der Waals surface area contributed by atoms with Crippen LogP contribution in [0.4, 0.5) is 0 Å². The van der Waals surface area contributed by atoms with E-state index in [9.17, 15) is 9.90 Å². The normalized spacial score (nSPS) is 19.6. The maximum absolute atomic E-state index is 13.3. The van der Waals surface area contributed by atoms with E-state index in [1.54, 1.807) is 12.0 Å². The molecule has 1 aliphatic heterocycles. The maximum atomic E-state index is 13.3. The van der Waals surface area contributed by atoms with E-state index in [-0.39, 0.29) is 11.9 Å². The third kappa shape index (κ3) is 3.08. The van der Waals surface area contributed by atoms with Gasteiger partial charge in [0, 0.05) is 11.9 Å². The number of aliphatic hydroxyl groups excluding tert-OH is 1. The molecule has 0 bridgehead atoms. The zero-order chi connectivity index (χ0) is 19.1. The van der Waals surface area contributed by atoms with Crippen LogP contribution in [0.5, 0.6) is 5.75 Å². The molecule has 1 fully saturated rings. The van der Waals surface area contributed by atoms with E-state index >= 15 is 0 Å². The summed E-state index contributed by atoms with van der Waals surface area (Å²) >= 11 is 0. The van der Waals surface area contributed by atoms with Crippen LogP contribution in [0.15, 0.2) is 47.1 Å². The van der Waals surface area contributed by atoms with Crippen molar-refractivity contribution in [2.45, 2.75) is 32.4 Å². The number of carbonyl (C=O) groups is 1. The van der Waals surface area contributed by atoms with E-state index in [2.05, 4.69) is 0 Å². The van der Waals surface area contributed by atoms with Crippen molar-refractivity contribution in [1.29, 1.82) is 0 Å². The van der Waals surface area contributed by atoms with Gasteiger partial charge in [0.1, 0.15) is 17.6 Å². The van der Waals surface area contributed by atoms with Crippen LogP contribution in [-0.2, 0) is 0 Å². The number of methoxy groups -OCH3 is 1. The van der Waals surface area contributed by atoms with Gasteiger partial charge in [-0.25, -0.2) is 0 Å². The summed E-state index contributed by atoms with van der Waals surface area (Å²) in [4.78, 5) is 15.1. The van der Waals surface area contributed by atoms with Crippen molar-refractivity contribution in [3.8, 4) is 5.75 Å². The number of hydrogen-bond donors (Lipinski definition) is 1. The lowest BCUT2D eigenvalue weighted by Crippen LogP contribution is -2.31. The van der Waals surface area contributed by atoms with Crippen LogP contribution < -0.4 is 4.74 Å². The third-order valence-electron chi connectivity index (χ3n) is 5.44. The third-order valence-corrected chi connectivity index (χ3v) is 5.44. The maximum Gasteiger partial charge on any atom is 0.258 e. The summed E-state index contributed by atoms with van der Waals surface area (Å²) < 4.78 is 11.0. The highest BCUT2D eigenvalue weighted by atomic mass is 16.5. The molecular weight excluding hydrogens is 342 g/mol. The molecule has 1 amide bonds. The Bertz CT molecular complexity index is 1010. The summed E-state index contributed by atoms with van der Waals surface area (Å²) in [5.74, 6) is 0.613. The van der Waals surface area contributed by atoms with Gasteiger partial charge in [0.2, 0.25) is 0 Å². The van der Waals surface area contributed by atoms with Gasteiger partial charge < -0.3 is 19.2 Å². The molecule has 1 aliphatic rings. The monoisotopic (exact) mass is 365 g/mol. The first-order valence-corrected chi connectivity index (χ1v) is 9.09. The number of furan rings is 1. The Labute approximate surface area is 158 Å². The van der Waals surface area contributed by atoms with Gasteiger partial charge >= 0.3 is 0 Å². The Kier molecular flexibility index (Phi) is 4.40. The van der Waals surface area contributed by atoms with Crippen molar-refractivity contribution in [1.82, 2.24) is 4.90 Å². The molecule has 0 saturated carbocycles. The molecule has 0 aliphatic carbocycles. The first-order valence-electron chi connectivity index (χ1n) is 9.09. The second kappa shape index (κ2) is 6.74. The lowest BCUT2D eigenvalue weighted by Gasteiger charge is -2.24. The molecule has 140 valence electrons. The number of nitrogens with zero attached hydrogens (tertiary/aromatic N) is 1. The van der Waals surface area contributed by atoms with Gasteiger partial charge in [-0.1, -0.05) is 12.1 Å². The molecule has 2 aromatic carbocycles. The smallest absolute Gasteiger partial charge is 0.258 e. The van der Waals surface area contributed by atoms with Gasteiger partial charge in [0.05, 0.1) is 24.8 Å². The molecule has 2 atom stereocenters. The summed E-state index contributed by atoms with van der Waals surface area (Å²) in [6.45, 7) is 4.35. The van der Waals surface area contributed by atoms with Crippen molar-refractivity contribution in [2.24, 2.45) is 0 Å². The average Bonchev–Trinajstić information content (AvgIpc) is 3.25. The Morgan fingerprint density at radius 3 is 2.78 bits per heavy atom. The quantitative estimate of drug-likeness (QED) is 0.762. The molecule has 1 aromatic heterocycles. The summed E-state index contributed by atoms with van der Waals surface area (Å²) in [5.41, 5.74) is 4.44. The van der Waals surface area contributed by atoms with Gasteiger partial charge in [0.15, 0.2) is 0 Å². The largest absolute Gasteiger partial charge is 0.497 e. The van der Waals surface area contributed by atoms with Gasteiger partial charge in [0.25, 0.3) is 5.91 Å². The van der Waals surface area contributed by atoms with Crippen molar-refractivity contribution >= 4 is 16.9 Å². The Balaban J connectivity index is 1.72. The van der Waals surface area contributed by atoms with Crippen molar-refractivity contribution < 1.29 is 19.1 Å². The number of hydrogen-bond acceptors (Lipinski definition) is 4. The molecule has 4 rings (SSSR count). The standard InChI is InChI=1S/C22H23NO4/c1-13-7-18-19(12-27-21(18)8-14(13)2)22(25)23-11-16(24)10-20(23)15-5-4-6-17(9-15)26-3/h4-9,12,16,20,24H,10-11H2,1-3H3. The lowest BCUT2D eigenvalue weighted by molar-refractivity contribution is 0.0716. The second-order valence-electron chi connectivity index (χ2n) is 7.22. The number of aliphatic hydroxyl groups is 1. The molecule has 0 radical (unpaired) electrons. The molecular formula is C22H23NO4. The van der Waals surface area contributed by atoms with E-state index in [1.165, 1.54) is 6.26 Å². The van der Waals surface area contributed by atoms with Gasteiger partial charge in [-0.2, -0.15) is 0 Å². The fraction of sp³-hybridized carbons (Fsp3) is 0.318. The Hall–Kier alpha value is -2.79. The highest BCUT2D eigenvalue weighted by molar-refractivity contribution is 6.06. The predicted molar refractivity (Wildman–Crippen MR) is 103 cm³/mol. The van der Waals surface area contributed by atoms with Crippen molar-refractivity contribution in [3.05, 3.63) is 64.9 Å². The van der Waals surface area contributed by atoms with E-state index in [0.29, 0.717) is 24.1 Å². The summed E-state index contributed by atoms with van der Waals surface area (Å²) in [5, 5.41) is 11.1. The Morgan fingerprint density at radius 1 is 1.22 bits per heavy atom. The van der Waals surface area contributed by atoms with Crippen LogP contribution in [-0.4, -0.2) is 35.7 Å². The molecule has 2 heterocycles. The van der Waals surface area contributed by atoms with Gasteiger partial charge in [-0.05, 0) is 61.2 Å². The number of likely N-dealkylation sites (tertiary alicyclic amines) is 1. The van der Waals surface area contributed by atoms with E-state index in [1.807, 2.05) is 50.2 Å².